The second kappa shape index (κ2) is 16.5. The summed E-state index contributed by atoms with van der Waals surface area (Å²) >= 11 is 0. The van der Waals surface area contributed by atoms with Gasteiger partial charge in [0.2, 0.25) is 0 Å². The van der Waals surface area contributed by atoms with Crippen LogP contribution in [0.2, 0.25) is 0 Å². The predicted octanol–water partition coefficient (Wildman–Crippen LogP) is 3.16. The molecule has 0 aliphatic rings. The molecule has 0 amide bonds. The predicted molar refractivity (Wildman–Crippen MR) is 87.7 cm³/mol. The Morgan fingerprint density at radius 2 is 1.43 bits per heavy atom. The van der Waals surface area contributed by atoms with Crippen molar-refractivity contribution >= 4 is 41.3 Å². The number of carboxylic acids is 1. The van der Waals surface area contributed by atoms with Crippen molar-refractivity contribution in [2.75, 3.05) is 6.54 Å². The molecule has 1 atom stereocenters. The van der Waals surface area contributed by atoms with Crippen molar-refractivity contribution in [1.82, 2.24) is 5.32 Å². The SMILES string of the molecule is CCCCCCCCCCCC(=O)CN[C@@H](C)C(=O)O.[Na]. The van der Waals surface area contributed by atoms with Crippen molar-refractivity contribution in [2.45, 2.75) is 84.1 Å². The van der Waals surface area contributed by atoms with E-state index in [0.717, 1.165) is 12.8 Å². The van der Waals surface area contributed by atoms with Gasteiger partial charge in [-0.05, 0) is 13.3 Å². The first-order valence-electron chi connectivity index (χ1n) is 8.05. The van der Waals surface area contributed by atoms with Gasteiger partial charge in [-0.3, -0.25) is 14.9 Å². The van der Waals surface area contributed by atoms with Gasteiger partial charge in [0.1, 0.15) is 11.8 Å². The molecule has 0 aromatic carbocycles. The second-order valence-electron chi connectivity index (χ2n) is 5.56. The topological polar surface area (TPSA) is 66.4 Å². The van der Waals surface area contributed by atoms with Crippen molar-refractivity contribution in [2.24, 2.45) is 0 Å². The zero-order valence-electron chi connectivity index (χ0n) is 14.1. The molecule has 0 aromatic heterocycles. The molecule has 0 spiro atoms. The fourth-order valence-corrected chi connectivity index (χ4v) is 2.08. The van der Waals surface area contributed by atoms with E-state index >= 15 is 0 Å². The summed E-state index contributed by atoms with van der Waals surface area (Å²) in [7, 11) is 0. The first-order valence-corrected chi connectivity index (χ1v) is 8.05. The molecule has 0 rings (SSSR count). The summed E-state index contributed by atoms with van der Waals surface area (Å²) in [6.45, 7) is 3.95. The largest absolute Gasteiger partial charge is 0.480 e. The van der Waals surface area contributed by atoms with Gasteiger partial charge in [0, 0.05) is 36.0 Å². The van der Waals surface area contributed by atoms with Crippen LogP contribution in [0.1, 0.15) is 78.1 Å². The maximum absolute atomic E-state index is 11.5. The number of aliphatic carboxylic acids is 1. The van der Waals surface area contributed by atoms with Crippen LogP contribution in [0.3, 0.4) is 0 Å². The number of carbonyl (C=O) groups excluding carboxylic acids is 1. The average molecular weight is 308 g/mol. The van der Waals surface area contributed by atoms with Crippen molar-refractivity contribution in [3.05, 3.63) is 0 Å². The van der Waals surface area contributed by atoms with Gasteiger partial charge in [-0.15, -0.1) is 0 Å². The zero-order valence-corrected chi connectivity index (χ0v) is 16.1. The van der Waals surface area contributed by atoms with E-state index in [2.05, 4.69) is 12.2 Å². The molecule has 2 N–H and O–H groups in total. The minimum Gasteiger partial charge on any atom is -0.480 e. The maximum Gasteiger partial charge on any atom is 0.320 e. The third-order valence-electron chi connectivity index (χ3n) is 3.54. The number of nitrogens with one attached hydrogen (secondary N) is 1. The number of rotatable bonds is 14. The molecular formula is C16H31NNaO3. The van der Waals surface area contributed by atoms with Crippen molar-refractivity contribution < 1.29 is 14.7 Å². The van der Waals surface area contributed by atoms with Gasteiger partial charge in [-0.1, -0.05) is 58.3 Å². The van der Waals surface area contributed by atoms with Crippen LogP contribution in [0.15, 0.2) is 0 Å². The minimum atomic E-state index is -0.916. The smallest absolute Gasteiger partial charge is 0.320 e. The van der Waals surface area contributed by atoms with Crippen molar-refractivity contribution in [3.8, 4) is 0 Å². The summed E-state index contributed by atoms with van der Waals surface area (Å²) in [5.74, 6) is -0.804. The number of hydrogen-bond donors (Lipinski definition) is 2. The molecule has 21 heavy (non-hydrogen) atoms. The zero-order chi connectivity index (χ0) is 15.2. The molecule has 1 radical (unpaired) electrons. The van der Waals surface area contributed by atoms with Gasteiger partial charge in [0.15, 0.2) is 0 Å². The summed E-state index contributed by atoms with van der Waals surface area (Å²) in [4.78, 5) is 22.1. The molecule has 0 fully saturated rings. The van der Waals surface area contributed by atoms with E-state index < -0.39 is 12.0 Å². The summed E-state index contributed by atoms with van der Waals surface area (Å²) < 4.78 is 0. The molecule has 0 aliphatic heterocycles. The van der Waals surface area contributed by atoms with E-state index in [-0.39, 0.29) is 41.9 Å². The van der Waals surface area contributed by atoms with E-state index in [1.165, 1.54) is 44.9 Å². The summed E-state index contributed by atoms with van der Waals surface area (Å²) in [6, 6.07) is -0.651. The van der Waals surface area contributed by atoms with Crippen LogP contribution in [0, 0.1) is 0 Å². The van der Waals surface area contributed by atoms with Crippen molar-refractivity contribution in [3.63, 3.8) is 0 Å². The van der Waals surface area contributed by atoms with Crippen LogP contribution < -0.4 is 5.32 Å². The fraction of sp³-hybridized carbons (Fsp3) is 0.875. The number of unbranched alkanes of at least 4 members (excludes halogenated alkanes) is 8. The second-order valence-corrected chi connectivity index (χ2v) is 5.56. The van der Waals surface area contributed by atoms with Crippen LogP contribution in [-0.2, 0) is 9.59 Å². The van der Waals surface area contributed by atoms with E-state index in [9.17, 15) is 9.59 Å². The quantitative estimate of drug-likeness (QED) is 0.382. The normalized spacial score (nSPS) is 11.7. The Bertz CT molecular complexity index is 272. The molecule has 0 unspecified atom stereocenters. The Labute approximate surface area is 151 Å². The van der Waals surface area contributed by atoms with E-state index in [4.69, 9.17) is 5.11 Å². The van der Waals surface area contributed by atoms with Gasteiger partial charge in [-0.2, -0.15) is 0 Å². The molecule has 0 aliphatic carbocycles. The molecule has 0 bridgehead atoms. The Balaban J connectivity index is 0. The number of Topliss-reactive ketones (excluding diaryl/α,β-unsaturated/α-hetero) is 1. The van der Waals surface area contributed by atoms with Crippen LogP contribution >= 0.6 is 0 Å². The van der Waals surface area contributed by atoms with Crippen LogP contribution in [0.4, 0.5) is 0 Å². The number of hydrogen-bond acceptors (Lipinski definition) is 3. The first-order chi connectivity index (χ1) is 9.57. The van der Waals surface area contributed by atoms with Crippen LogP contribution in [0.5, 0.6) is 0 Å². The molecule has 0 heterocycles. The number of ketones is 1. The molecule has 0 saturated heterocycles. The summed E-state index contributed by atoms with van der Waals surface area (Å²) in [5.41, 5.74) is 0. The Morgan fingerprint density at radius 1 is 0.952 bits per heavy atom. The Morgan fingerprint density at radius 3 is 1.90 bits per heavy atom. The van der Waals surface area contributed by atoms with E-state index in [0.29, 0.717) is 6.42 Å². The molecular weight excluding hydrogens is 277 g/mol. The number of carboxylic acid groups (broad SMARTS) is 1. The molecule has 0 saturated carbocycles. The van der Waals surface area contributed by atoms with Crippen molar-refractivity contribution in [1.29, 1.82) is 0 Å². The molecule has 0 aromatic rings. The van der Waals surface area contributed by atoms with Gasteiger partial charge < -0.3 is 5.11 Å². The van der Waals surface area contributed by atoms with E-state index in [1.807, 2.05) is 0 Å². The van der Waals surface area contributed by atoms with E-state index in [1.54, 1.807) is 6.92 Å². The van der Waals surface area contributed by atoms with Crippen LogP contribution in [0.25, 0.3) is 0 Å². The number of carbonyl (C=O) groups is 2. The first kappa shape index (κ1) is 23.4. The molecule has 5 heteroatoms. The van der Waals surface area contributed by atoms with Gasteiger partial charge in [0.05, 0.1) is 6.54 Å². The standard InChI is InChI=1S/C16H31NO3.Na/c1-3-4-5-6-7-8-9-10-11-12-15(18)13-17-14(2)16(19)20;/h14,17H,3-13H2,1-2H3,(H,19,20);/t14-;/m0./s1. The minimum absolute atomic E-state index is 0. The maximum atomic E-state index is 11.5. The van der Waals surface area contributed by atoms with Gasteiger partial charge in [-0.25, -0.2) is 0 Å². The third kappa shape index (κ3) is 16.3. The molecule has 4 nitrogen and oxygen atoms in total. The van der Waals surface area contributed by atoms with Gasteiger partial charge >= 0.3 is 5.97 Å². The van der Waals surface area contributed by atoms with Gasteiger partial charge in [0.25, 0.3) is 0 Å². The Hall–Kier alpha value is 0.100. The molecule has 119 valence electrons. The average Bonchev–Trinajstić information content (AvgIpc) is 2.42. The Kier molecular flexibility index (Phi) is 18.3. The third-order valence-corrected chi connectivity index (χ3v) is 3.54. The summed E-state index contributed by atoms with van der Waals surface area (Å²) in [6.07, 6.45) is 11.7. The fourth-order valence-electron chi connectivity index (χ4n) is 2.08. The van der Waals surface area contributed by atoms with Crippen LogP contribution in [-0.4, -0.2) is 59.0 Å². The summed E-state index contributed by atoms with van der Waals surface area (Å²) in [5, 5.41) is 11.4. The monoisotopic (exact) mass is 308 g/mol.